The van der Waals surface area contributed by atoms with Gasteiger partial charge in [-0.05, 0) is 36.8 Å². The lowest BCUT2D eigenvalue weighted by molar-refractivity contribution is -0.138. The minimum Gasteiger partial charge on any atom is -0.318 e. The van der Waals surface area contributed by atoms with E-state index in [9.17, 15) is 14.4 Å². The van der Waals surface area contributed by atoms with Crippen molar-refractivity contribution >= 4 is 41.2 Å². The number of hydrogen-bond donors (Lipinski definition) is 2. The molecule has 6 nitrogen and oxygen atoms in total. The number of carbonyl (C=O) groups excluding carboxylic acids is 3. The van der Waals surface area contributed by atoms with Gasteiger partial charge in [0.25, 0.3) is 5.91 Å². The van der Waals surface area contributed by atoms with Crippen LogP contribution in [0.1, 0.15) is 12.5 Å². The SMILES string of the molecule is CC1(c2ccccc2)NC(=O)N(NC(=O)CSc2ccc(Cl)cc2)C1=O. The maximum Gasteiger partial charge on any atom is 0.344 e. The Hall–Kier alpha value is -2.51. The highest BCUT2D eigenvalue weighted by molar-refractivity contribution is 8.00. The number of nitrogens with zero attached hydrogens (tertiary/aromatic N) is 1. The van der Waals surface area contributed by atoms with E-state index in [4.69, 9.17) is 11.6 Å². The molecule has 0 bridgehead atoms. The summed E-state index contributed by atoms with van der Waals surface area (Å²) in [6, 6.07) is 15.3. The predicted molar refractivity (Wildman–Crippen MR) is 99.5 cm³/mol. The molecule has 1 aliphatic heterocycles. The molecule has 1 aliphatic rings. The van der Waals surface area contributed by atoms with E-state index in [1.165, 1.54) is 11.8 Å². The number of halogens is 1. The fourth-order valence-corrected chi connectivity index (χ4v) is 3.36. The van der Waals surface area contributed by atoms with Gasteiger partial charge in [-0.3, -0.25) is 15.0 Å². The Balaban J connectivity index is 1.64. The van der Waals surface area contributed by atoms with Crippen LogP contribution in [-0.4, -0.2) is 28.6 Å². The van der Waals surface area contributed by atoms with Crippen molar-refractivity contribution in [3.8, 4) is 0 Å². The maximum absolute atomic E-state index is 12.7. The number of benzene rings is 2. The first-order chi connectivity index (χ1) is 12.4. The van der Waals surface area contributed by atoms with Gasteiger partial charge >= 0.3 is 6.03 Å². The highest BCUT2D eigenvalue weighted by Crippen LogP contribution is 2.27. The minimum absolute atomic E-state index is 0.0563. The summed E-state index contributed by atoms with van der Waals surface area (Å²) in [5.74, 6) is -0.926. The fraction of sp³-hybridized carbons (Fsp3) is 0.167. The van der Waals surface area contributed by atoms with Crippen molar-refractivity contribution in [3.63, 3.8) is 0 Å². The van der Waals surface area contributed by atoms with Gasteiger partial charge in [-0.2, -0.15) is 5.01 Å². The molecule has 2 N–H and O–H groups in total. The van der Waals surface area contributed by atoms with Gasteiger partial charge in [0.15, 0.2) is 0 Å². The lowest BCUT2D eigenvalue weighted by Gasteiger charge is -2.22. The summed E-state index contributed by atoms with van der Waals surface area (Å²) in [5, 5.41) is 3.98. The smallest absolute Gasteiger partial charge is 0.318 e. The van der Waals surface area contributed by atoms with E-state index in [1.54, 1.807) is 55.5 Å². The van der Waals surface area contributed by atoms with E-state index in [2.05, 4.69) is 10.7 Å². The zero-order valence-corrected chi connectivity index (χ0v) is 15.4. The van der Waals surface area contributed by atoms with Crippen LogP contribution in [0.15, 0.2) is 59.5 Å². The second-order valence-corrected chi connectivity index (χ2v) is 7.32. The number of amides is 4. The lowest BCUT2D eigenvalue weighted by atomic mass is 9.92. The van der Waals surface area contributed by atoms with Gasteiger partial charge in [-0.15, -0.1) is 11.8 Å². The first-order valence-corrected chi connectivity index (χ1v) is 9.16. The van der Waals surface area contributed by atoms with Crippen LogP contribution in [0.25, 0.3) is 0 Å². The van der Waals surface area contributed by atoms with Crippen LogP contribution in [0.4, 0.5) is 4.79 Å². The molecule has 0 radical (unpaired) electrons. The average Bonchev–Trinajstić information content (AvgIpc) is 2.86. The van der Waals surface area contributed by atoms with Crippen molar-refractivity contribution < 1.29 is 14.4 Å². The molecular weight excluding hydrogens is 374 g/mol. The summed E-state index contributed by atoms with van der Waals surface area (Å²) in [5.41, 5.74) is 1.80. The highest BCUT2D eigenvalue weighted by atomic mass is 35.5. The van der Waals surface area contributed by atoms with Crippen LogP contribution < -0.4 is 10.7 Å². The molecule has 0 saturated carbocycles. The van der Waals surface area contributed by atoms with Gasteiger partial charge in [-0.25, -0.2) is 4.79 Å². The summed E-state index contributed by atoms with van der Waals surface area (Å²) >= 11 is 7.10. The van der Waals surface area contributed by atoms with E-state index in [1.807, 2.05) is 6.07 Å². The number of thioether (sulfide) groups is 1. The fourth-order valence-electron chi connectivity index (χ4n) is 2.54. The van der Waals surface area contributed by atoms with E-state index in [0.29, 0.717) is 10.6 Å². The largest absolute Gasteiger partial charge is 0.344 e. The molecule has 3 rings (SSSR count). The molecular formula is C18H16ClN3O3S. The van der Waals surface area contributed by atoms with Gasteiger partial charge in [0, 0.05) is 9.92 Å². The van der Waals surface area contributed by atoms with Crippen LogP contribution in [0, 0.1) is 0 Å². The van der Waals surface area contributed by atoms with Crippen molar-refractivity contribution in [1.82, 2.24) is 15.8 Å². The standard InChI is InChI=1S/C18H16ClN3O3S/c1-18(12-5-3-2-4-6-12)16(24)22(17(25)20-18)21-15(23)11-26-14-9-7-13(19)8-10-14/h2-10H,11H2,1H3,(H,20,25)(H,21,23). The van der Waals surface area contributed by atoms with Crippen LogP contribution in [0.2, 0.25) is 5.02 Å². The third-order valence-electron chi connectivity index (χ3n) is 3.96. The summed E-state index contributed by atoms with van der Waals surface area (Å²) in [6.45, 7) is 1.61. The first-order valence-electron chi connectivity index (χ1n) is 7.80. The van der Waals surface area contributed by atoms with Crippen molar-refractivity contribution in [2.75, 3.05) is 5.75 Å². The number of imide groups is 1. The molecule has 2 aromatic carbocycles. The number of carbonyl (C=O) groups is 3. The maximum atomic E-state index is 12.7. The van der Waals surface area contributed by atoms with E-state index >= 15 is 0 Å². The second-order valence-electron chi connectivity index (χ2n) is 5.84. The van der Waals surface area contributed by atoms with Gasteiger partial charge in [0.2, 0.25) is 5.91 Å². The topological polar surface area (TPSA) is 78.5 Å². The summed E-state index contributed by atoms with van der Waals surface area (Å²) in [4.78, 5) is 37.9. The molecule has 1 fully saturated rings. The normalized spacial score (nSPS) is 19.4. The van der Waals surface area contributed by atoms with Crippen molar-refractivity contribution in [3.05, 3.63) is 65.2 Å². The monoisotopic (exact) mass is 389 g/mol. The van der Waals surface area contributed by atoms with Gasteiger partial charge in [0.05, 0.1) is 5.75 Å². The molecule has 8 heteroatoms. The third kappa shape index (κ3) is 3.68. The highest BCUT2D eigenvalue weighted by Gasteiger charge is 2.49. The Morgan fingerprint density at radius 1 is 1.15 bits per heavy atom. The minimum atomic E-state index is -1.21. The predicted octanol–water partition coefficient (Wildman–Crippen LogP) is 2.93. The molecule has 1 atom stereocenters. The Bertz CT molecular complexity index is 845. The number of urea groups is 1. The summed E-state index contributed by atoms with van der Waals surface area (Å²) in [6.07, 6.45) is 0. The molecule has 0 spiro atoms. The van der Waals surface area contributed by atoms with Crippen LogP contribution in [0.3, 0.4) is 0 Å². The summed E-state index contributed by atoms with van der Waals surface area (Å²) in [7, 11) is 0. The zero-order valence-electron chi connectivity index (χ0n) is 13.9. The molecule has 0 aromatic heterocycles. The molecule has 1 saturated heterocycles. The Morgan fingerprint density at radius 2 is 1.81 bits per heavy atom. The molecule has 1 unspecified atom stereocenters. The average molecular weight is 390 g/mol. The zero-order chi connectivity index (χ0) is 18.7. The van der Waals surface area contributed by atoms with Crippen molar-refractivity contribution in [2.24, 2.45) is 0 Å². The Morgan fingerprint density at radius 3 is 2.46 bits per heavy atom. The molecule has 4 amide bonds. The lowest BCUT2D eigenvalue weighted by Crippen LogP contribution is -2.48. The number of nitrogens with one attached hydrogen (secondary N) is 2. The van der Waals surface area contributed by atoms with Crippen molar-refractivity contribution in [2.45, 2.75) is 17.4 Å². The number of hydrogen-bond acceptors (Lipinski definition) is 4. The van der Waals surface area contributed by atoms with Crippen molar-refractivity contribution in [1.29, 1.82) is 0 Å². The number of rotatable bonds is 5. The van der Waals surface area contributed by atoms with Crippen LogP contribution in [0.5, 0.6) is 0 Å². The molecule has 134 valence electrons. The van der Waals surface area contributed by atoms with E-state index in [0.717, 1.165) is 9.90 Å². The van der Waals surface area contributed by atoms with Gasteiger partial charge in [-0.1, -0.05) is 41.9 Å². The second kappa shape index (κ2) is 7.39. The van der Waals surface area contributed by atoms with E-state index in [-0.39, 0.29) is 5.75 Å². The number of hydrazine groups is 1. The summed E-state index contributed by atoms with van der Waals surface area (Å²) < 4.78 is 0. The van der Waals surface area contributed by atoms with Crippen LogP contribution >= 0.6 is 23.4 Å². The van der Waals surface area contributed by atoms with Gasteiger partial charge in [0.1, 0.15) is 5.54 Å². The quantitative estimate of drug-likeness (QED) is 0.608. The Labute approximate surface area is 159 Å². The van der Waals surface area contributed by atoms with E-state index < -0.39 is 23.4 Å². The molecule has 2 aromatic rings. The molecule has 0 aliphatic carbocycles. The Kier molecular flexibility index (Phi) is 5.20. The first kappa shape index (κ1) is 18.3. The van der Waals surface area contributed by atoms with Gasteiger partial charge < -0.3 is 5.32 Å². The van der Waals surface area contributed by atoms with Crippen LogP contribution in [-0.2, 0) is 15.1 Å². The third-order valence-corrected chi connectivity index (χ3v) is 5.23. The molecule has 26 heavy (non-hydrogen) atoms. The molecule has 1 heterocycles.